The van der Waals surface area contributed by atoms with Gasteiger partial charge in [0.25, 0.3) is 0 Å². The monoisotopic (exact) mass is 272 g/mol. The van der Waals surface area contributed by atoms with E-state index in [1.807, 2.05) is 0 Å². The van der Waals surface area contributed by atoms with Crippen molar-refractivity contribution in [2.24, 2.45) is 5.92 Å². The second-order valence-corrected chi connectivity index (χ2v) is 5.04. The average molecular weight is 273 g/mol. The first kappa shape index (κ1) is 12.7. The molecule has 0 saturated carbocycles. The van der Waals surface area contributed by atoms with Gasteiger partial charge in [-0.3, -0.25) is 4.79 Å². The lowest BCUT2D eigenvalue weighted by molar-refractivity contribution is -0.120. The maximum absolute atomic E-state index is 12.0. The molecule has 2 N–H and O–H groups in total. The number of hydrogen-bond donors (Lipinski definition) is 2. The molecule has 2 rings (SSSR count). The van der Waals surface area contributed by atoms with Crippen LogP contribution in [-0.4, -0.2) is 19.0 Å². The van der Waals surface area contributed by atoms with E-state index in [0.717, 1.165) is 25.9 Å². The average Bonchev–Trinajstić information content (AvgIpc) is 2.28. The largest absolute Gasteiger partial charge is 0.326 e. The van der Waals surface area contributed by atoms with E-state index in [1.165, 1.54) is 0 Å². The third kappa shape index (κ3) is 3.60. The van der Waals surface area contributed by atoms with Crippen LogP contribution in [0.4, 0.5) is 5.69 Å². The number of anilines is 1. The standard InChI is InChI=1S/C12H14Cl2N2O/c13-9-5-10(14)7-11(6-9)16-12(17)8-1-3-15-4-2-8/h5-8,15H,1-4H2,(H,16,17). The second kappa shape index (κ2) is 5.71. The van der Waals surface area contributed by atoms with Crippen LogP contribution in [0.3, 0.4) is 0 Å². The van der Waals surface area contributed by atoms with Gasteiger partial charge in [0.15, 0.2) is 0 Å². The Balaban J connectivity index is 2.01. The molecule has 3 nitrogen and oxygen atoms in total. The Hall–Kier alpha value is -0.770. The van der Waals surface area contributed by atoms with Crippen molar-refractivity contribution in [3.05, 3.63) is 28.2 Å². The highest BCUT2D eigenvalue weighted by molar-refractivity contribution is 6.35. The SMILES string of the molecule is O=C(Nc1cc(Cl)cc(Cl)c1)C1CCNCC1. The normalized spacial score (nSPS) is 16.8. The minimum atomic E-state index is 0.0461. The first-order chi connectivity index (χ1) is 8.15. The highest BCUT2D eigenvalue weighted by atomic mass is 35.5. The fourth-order valence-electron chi connectivity index (χ4n) is 1.95. The van der Waals surface area contributed by atoms with Gasteiger partial charge in [-0.2, -0.15) is 0 Å². The summed E-state index contributed by atoms with van der Waals surface area (Å²) in [6, 6.07) is 5.04. The first-order valence-electron chi connectivity index (χ1n) is 5.63. The maximum Gasteiger partial charge on any atom is 0.227 e. The Kier molecular flexibility index (Phi) is 4.26. The number of carbonyl (C=O) groups excluding carboxylic acids is 1. The van der Waals surface area contributed by atoms with Crippen molar-refractivity contribution in [3.8, 4) is 0 Å². The van der Waals surface area contributed by atoms with Crippen LogP contribution in [0.25, 0.3) is 0 Å². The number of hydrogen-bond acceptors (Lipinski definition) is 2. The third-order valence-electron chi connectivity index (χ3n) is 2.84. The maximum atomic E-state index is 12.0. The molecule has 1 fully saturated rings. The number of piperidine rings is 1. The number of carbonyl (C=O) groups is 1. The summed E-state index contributed by atoms with van der Waals surface area (Å²) >= 11 is 11.7. The predicted molar refractivity (Wildman–Crippen MR) is 70.7 cm³/mol. The van der Waals surface area contributed by atoms with Crippen LogP contribution in [-0.2, 0) is 4.79 Å². The second-order valence-electron chi connectivity index (χ2n) is 4.17. The summed E-state index contributed by atoms with van der Waals surface area (Å²) in [4.78, 5) is 12.0. The van der Waals surface area contributed by atoms with Crippen molar-refractivity contribution in [3.63, 3.8) is 0 Å². The van der Waals surface area contributed by atoms with Gasteiger partial charge in [-0.15, -0.1) is 0 Å². The van der Waals surface area contributed by atoms with Gasteiger partial charge in [-0.25, -0.2) is 0 Å². The number of halogens is 2. The van der Waals surface area contributed by atoms with Crippen molar-refractivity contribution in [2.75, 3.05) is 18.4 Å². The summed E-state index contributed by atoms with van der Waals surface area (Å²) < 4.78 is 0. The lowest BCUT2D eigenvalue weighted by atomic mass is 9.97. The molecule has 0 spiro atoms. The molecule has 1 saturated heterocycles. The van der Waals surface area contributed by atoms with Gasteiger partial charge in [0.1, 0.15) is 0 Å². The quantitative estimate of drug-likeness (QED) is 0.869. The summed E-state index contributed by atoms with van der Waals surface area (Å²) in [6.45, 7) is 1.79. The molecule has 0 unspecified atom stereocenters. The summed E-state index contributed by atoms with van der Waals surface area (Å²) in [5.74, 6) is 0.124. The molecular weight excluding hydrogens is 259 g/mol. The molecule has 1 amide bonds. The fraction of sp³-hybridized carbons (Fsp3) is 0.417. The van der Waals surface area contributed by atoms with Gasteiger partial charge >= 0.3 is 0 Å². The molecule has 0 radical (unpaired) electrons. The van der Waals surface area contributed by atoms with Gasteiger partial charge < -0.3 is 10.6 Å². The Morgan fingerprint density at radius 1 is 1.18 bits per heavy atom. The highest BCUT2D eigenvalue weighted by Gasteiger charge is 2.20. The molecule has 1 aromatic carbocycles. The van der Waals surface area contributed by atoms with Gasteiger partial charge in [-0.1, -0.05) is 23.2 Å². The van der Waals surface area contributed by atoms with E-state index in [9.17, 15) is 4.79 Å². The smallest absolute Gasteiger partial charge is 0.227 e. The molecule has 17 heavy (non-hydrogen) atoms. The van der Waals surface area contributed by atoms with Crippen molar-refractivity contribution >= 4 is 34.8 Å². The van der Waals surface area contributed by atoms with Crippen LogP contribution in [0.1, 0.15) is 12.8 Å². The fourth-order valence-corrected chi connectivity index (χ4v) is 2.48. The Labute approximate surface area is 110 Å². The number of amides is 1. The number of benzene rings is 1. The molecule has 0 aromatic heterocycles. The molecule has 1 aliphatic rings. The van der Waals surface area contributed by atoms with Crippen LogP contribution in [0.5, 0.6) is 0 Å². The van der Waals surface area contributed by atoms with Crippen molar-refractivity contribution in [1.82, 2.24) is 5.32 Å². The zero-order valence-corrected chi connectivity index (χ0v) is 10.8. The molecule has 5 heteroatoms. The molecule has 1 aliphatic heterocycles. The Morgan fingerprint density at radius 2 is 1.76 bits per heavy atom. The zero-order valence-electron chi connectivity index (χ0n) is 9.30. The Bertz CT molecular complexity index is 397. The van der Waals surface area contributed by atoms with E-state index >= 15 is 0 Å². The molecular formula is C12H14Cl2N2O. The topological polar surface area (TPSA) is 41.1 Å². The Morgan fingerprint density at radius 3 is 2.35 bits per heavy atom. The van der Waals surface area contributed by atoms with Crippen molar-refractivity contribution in [2.45, 2.75) is 12.8 Å². The van der Waals surface area contributed by atoms with E-state index < -0.39 is 0 Å². The van der Waals surface area contributed by atoms with Crippen molar-refractivity contribution in [1.29, 1.82) is 0 Å². The van der Waals surface area contributed by atoms with Gasteiger partial charge in [0, 0.05) is 21.7 Å². The van der Waals surface area contributed by atoms with Gasteiger partial charge in [0.05, 0.1) is 0 Å². The molecule has 92 valence electrons. The molecule has 0 atom stereocenters. The van der Waals surface area contributed by atoms with Gasteiger partial charge in [-0.05, 0) is 44.1 Å². The van der Waals surface area contributed by atoms with Gasteiger partial charge in [0.2, 0.25) is 5.91 Å². The first-order valence-corrected chi connectivity index (χ1v) is 6.38. The summed E-state index contributed by atoms with van der Waals surface area (Å²) in [6.07, 6.45) is 1.75. The van der Waals surface area contributed by atoms with Crippen LogP contribution >= 0.6 is 23.2 Å². The molecule has 0 aliphatic carbocycles. The van der Waals surface area contributed by atoms with Crippen LogP contribution < -0.4 is 10.6 Å². The van der Waals surface area contributed by atoms with E-state index in [4.69, 9.17) is 23.2 Å². The van der Waals surface area contributed by atoms with E-state index in [-0.39, 0.29) is 11.8 Å². The third-order valence-corrected chi connectivity index (χ3v) is 3.28. The summed E-state index contributed by atoms with van der Waals surface area (Å²) in [5.41, 5.74) is 0.658. The van der Waals surface area contributed by atoms with Crippen LogP contribution in [0.2, 0.25) is 10.0 Å². The minimum absolute atomic E-state index is 0.0461. The van der Waals surface area contributed by atoms with Crippen molar-refractivity contribution < 1.29 is 4.79 Å². The van der Waals surface area contributed by atoms with E-state index in [2.05, 4.69) is 10.6 Å². The molecule has 1 aromatic rings. The highest BCUT2D eigenvalue weighted by Crippen LogP contribution is 2.23. The zero-order chi connectivity index (χ0) is 12.3. The predicted octanol–water partition coefficient (Wildman–Crippen LogP) is 2.93. The number of nitrogens with one attached hydrogen (secondary N) is 2. The summed E-state index contributed by atoms with van der Waals surface area (Å²) in [7, 11) is 0. The van der Waals surface area contributed by atoms with E-state index in [1.54, 1.807) is 18.2 Å². The number of rotatable bonds is 2. The van der Waals surface area contributed by atoms with Crippen LogP contribution in [0.15, 0.2) is 18.2 Å². The molecule has 1 heterocycles. The lowest BCUT2D eigenvalue weighted by Crippen LogP contribution is -2.34. The minimum Gasteiger partial charge on any atom is -0.326 e. The van der Waals surface area contributed by atoms with Crippen LogP contribution in [0, 0.1) is 5.92 Å². The molecule has 0 bridgehead atoms. The summed E-state index contributed by atoms with van der Waals surface area (Å²) in [5, 5.41) is 7.14. The van der Waals surface area contributed by atoms with E-state index in [0.29, 0.717) is 15.7 Å². The lowest BCUT2D eigenvalue weighted by Gasteiger charge is -2.21.